The Labute approximate surface area is 147 Å². The fourth-order valence-corrected chi connectivity index (χ4v) is 4.29. The zero-order valence-electron chi connectivity index (χ0n) is 13.9. The molecule has 3 rings (SSSR count). The van der Waals surface area contributed by atoms with Crippen LogP contribution in [0.4, 0.5) is 0 Å². The Morgan fingerprint density at radius 2 is 1.62 bits per heavy atom. The van der Waals surface area contributed by atoms with E-state index in [1.807, 2.05) is 0 Å². The average molecular weight is 380 g/mol. The largest absolute Gasteiger partial charge is 0.356 e. The van der Waals surface area contributed by atoms with Crippen LogP contribution in [0.15, 0.2) is 0 Å². The molecule has 1 saturated heterocycles. The monoisotopic (exact) mass is 380 g/mol. The summed E-state index contributed by atoms with van der Waals surface area (Å²) in [5.74, 6) is -3.20. The third kappa shape index (κ3) is 3.60. The van der Waals surface area contributed by atoms with Crippen molar-refractivity contribution in [2.24, 2.45) is 11.3 Å². The number of fused-ring (bicyclic) bond motifs is 1. The molecule has 1 aliphatic heterocycles. The summed E-state index contributed by atoms with van der Waals surface area (Å²) in [5.41, 5.74) is -0.865. The highest BCUT2D eigenvalue weighted by molar-refractivity contribution is 6.03. The number of rotatable bonds is 7. The molecule has 12 heteroatoms. The zero-order valence-corrected chi connectivity index (χ0v) is 13.9. The molecule has 2 spiro atoms. The van der Waals surface area contributed by atoms with Crippen LogP contribution in [-0.4, -0.2) is 36.0 Å². The maximum absolute atomic E-state index is 13.2. The van der Waals surface area contributed by atoms with Gasteiger partial charge in [-0.2, -0.15) is 0 Å². The second-order valence-corrected chi connectivity index (χ2v) is 6.37. The van der Waals surface area contributed by atoms with Gasteiger partial charge in [-0.1, -0.05) is 12.8 Å². The molecule has 26 heavy (non-hydrogen) atoms. The third-order valence-corrected chi connectivity index (χ3v) is 5.27. The molecule has 0 amide bonds. The predicted molar refractivity (Wildman–Crippen MR) is 73.1 cm³/mol. The van der Waals surface area contributed by atoms with Crippen molar-refractivity contribution in [2.75, 3.05) is 13.2 Å². The first-order valence-corrected chi connectivity index (χ1v) is 8.33. The summed E-state index contributed by atoms with van der Waals surface area (Å²) in [7, 11) is 0. The van der Waals surface area contributed by atoms with Crippen molar-refractivity contribution in [3.05, 3.63) is 0 Å². The minimum absolute atomic E-state index is 0.270. The van der Waals surface area contributed by atoms with Gasteiger partial charge in [0.2, 0.25) is 0 Å². The van der Waals surface area contributed by atoms with E-state index in [1.54, 1.807) is 0 Å². The van der Waals surface area contributed by atoms with Gasteiger partial charge in [-0.15, -0.1) is 0 Å². The van der Waals surface area contributed by atoms with Crippen LogP contribution < -0.4 is 0 Å². The molecular formula is C14H20O12. The summed E-state index contributed by atoms with van der Waals surface area (Å²) in [4.78, 5) is 29.8. The lowest BCUT2D eigenvalue weighted by molar-refractivity contribution is -0.808. The van der Waals surface area contributed by atoms with Crippen molar-refractivity contribution in [1.29, 1.82) is 0 Å². The molecule has 3 fully saturated rings. The maximum Gasteiger partial charge on any atom is 0.356 e. The van der Waals surface area contributed by atoms with Crippen LogP contribution >= 0.6 is 0 Å². The molecule has 148 valence electrons. The quantitative estimate of drug-likeness (QED) is 0.294. The number of hydrogen-bond acceptors (Lipinski definition) is 12. The Morgan fingerprint density at radius 3 is 2.38 bits per heavy atom. The molecule has 3 aliphatic rings. The summed E-state index contributed by atoms with van der Waals surface area (Å²) >= 11 is 0. The van der Waals surface area contributed by atoms with E-state index >= 15 is 0 Å². The molecule has 2 atom stereocenters. The Kier molecular flexibility index (Phi) is 6.50. The van der Waals surface area contributed by atoms with Crippen molar-refractivity contribution in [3.63, 3.8) is 0 Å². The second kappa shape index (κ2) is 8.65. The predicted octanol–water partition coefficient (Wildman–Crippen LogP) is 1.26. The van der Waals surface area contributed by atoms with Gasteiger partial charge in [0.15, 0.2) is 11.6 Å². The van der Waals surface area contributed by atoms with Gasteiger partial charge in [-0.05, 0) is 40.8 Å². The topological polar surface area (TPSA) is 137 Å². The van der Waals surface area contributed by atoms with Crippen molar-refractivity contribution in [1.82, 2.24) is 0 Å². The minimum atomic E-state index is -1.03. The van der Waals surface area contributed by atoms with Crippen molar-refractivity contribution < 1.29 is 59.4 Å². The highest BCUT2D eigenvalue weighted by Gasteiger charge is 2.64. The summed E-state index contributed by atoms with van der Waals surface area (Å²) in [5, 5.41) is 29.3. The number of carbonyl (C=O) groups is 2. The van der Waals surface area contributed by atoms with E-state index in [4.69, 9.17) is 14.7 Å². The summed E-state index contributed by atoms with van der Waals surface area (Å²) in [6, 6.07) is 0. The summed E-state index contributed by atoms with van der Waals surface area (Å²) in [6.07, 6.45) is 4.54. The van der Waals surface area contributed by atoms with E-state index in [9.17, 15) is 9.59 Å². The lowest BCUT2D eigenvalue weighted by Gasteiger charge is -2.51. The van der Waals surface area contributed by atoms with Gasteiger partial charge in [-0.3, -0.25) is 9.68 Å². The summed E-state index contributed by atoms with van der Waals surface area (Å²) in [6.45, 7) is 0.857. The van der Waals surface area contributed by atoms with E-state index in [1.165, 1.54) is 0 Å². The van der Waals surface area contributed by atoms with Gasteiger partial charge >= 0.3 is 5.97 Å². The molecular weight excluding hydrogens is 360 g/mol. The normalized spacial score (nSPS) is 30.8. The van der Waals surface area contributed by atoms with Crippen LogP contribution in [0.1, 0.15) is 44.9 Å². The number of hydrogen-bond donors (Lipinski definition) is 1. The Morgan fingerprint density at radius 1 is 0.962 bits per heavy atom. The second-order valence-electron chi connectivity index (χ2n) is 6.37. The van der Waals surface area contributed by atoms with Crippen LogP contribution in [0.2, 0.25) is 0 Å². The molecule has 1 N–H and O–H groups in total. The van der Waals surface area contributed by atoms with Gasteiger partial charge in [-0.25, -0.2) is 10.1 Å². The third-order valence-electron chi connectivity index (χ3n) is 5.27. The van der Waals surface area contributed by atoms with Crippen LogP contribution in [0.3, 0.4) is 0 Å². The minimum Gasteiger partial charge on any atom is -0.346 e. The van der Waals surface area contributed by atoms with E-state index in [0.717, 1.165) is 12.8 Å². The molecule has 0 radical (unpaired) electrons. The van der Waals surface area contributed by atoms with Gasteiger partial charge < -0.3 is 9.47 Å². The Bertz CT molecular complexity index is 500. The van der Waals surface area contributed by atoms with Crippen LogP contribution in [0, 0.1) is 11.3 Å². The fraction of sp³-hybridized carbons (Fsp3) is 0.857. The molecule has 1 heterocycles. The number of Topliss-reactive ketones (excluding diaryl/α,β-unsaturated/α-hetero) is 1. The Hall–Kier alpha value is -1.22. The molecule has 0 aromatic heterocycles. The van der Waals surface area contributed by atoms with Gasteiger partial charge in [0.25, 0.3) is 0 Å². The summed E-state index contributed by atoms with van der Waals surface area (Å²) < 4.78 is 11.8. The van der Waals surface area contributed by atoms with Crippen molar-refractivity contribution in [3.8, 4) is 0 Å². The number of carbonyl (C=O) groups excluding carboxylic acids is 2. The van der Waals surface area contributed by atoms with Crippen LogP contribution in [0.5, 0.6) is 0 Å². The lowest BCUT2D eigenvalue weighted by atomic mass is 9.58. The molecule has 1 unspecified atom stereocenters. The molecule has 0 aromatic carbocycles. The first-order chi connectivity index (χ1) is 12.7. The molecule has 2 saturated carbocycles. The van der Waals surface area contributed by atoms with Crippen LogP contribution in [0.25, 0.3) is 0 Å². The highest BCUT2D eigenvalue weighted by atomic mass is 17.9. The van der Waals surface area contributed by atoms with E-state index < -0.39 is 23.1 Å². The van der Waals surface area contributed by atoms with Crippen molar-refractivity contribution >= 4 is 11.8 Å². The molecule has 12 nitrogen and oxygen atoms in total. The smallest absolute Gasteiger partial charge is 0.346 e. The molecule has 0 aromatic rings. The van der Waals surface area contributed by atoms with Crippen molar-refractivity contribution in [2.45, 2.75) is 50.7 Å². The molecule has 0 bridgehead atoms. The van der Waals surface area contributed by atoms with E-state index in [0.29, 0.717) is 45.3 Å². The Balaban J connectivity index is 1.61. The standard InChI is InChI=1S/C14H20O12/c15-11-10(12(16)20-22-24-26-25-23-21-17)4-3-6-13(11)5-1-2-7-14(13)18-8-9-19-14/h10,17H,1-9H2/t10?,13-/m0/s1. The first-order valence-electron chi connectivity index (χ1n) is 8.33. The van der Waals surface area contributed by atoms with Crippen LogP contribution in [-0.2, 0) is 54.2 Å². The van der Waals surface area contributed by atoms with E-state index in [-0.39, 0.29) is 5.78 Å². The number of ketones is 1. The fourth-order valence-electron chi connectivity index (χ4n) is 4.29. The SMILES string of the molecule is O=C(OOOOOOOO)C1CCC[C@@]2(CCCCC23OCCO3)C1=O. The highest BCUT2D eigenvalue weighted by Crippen LogP contribution is 2.56. The lowest BCUT2D eigenvalue weighted by Crippen LogP contribution is -2.60. The number of ether oxygens (including phenoxy) is 2. The maximum atomic E-state index is 13.2. The van der Waals surface area contributed by atoms with Gasteiger partial charge in [0.05, 0.1) is 18.6 Å². The van der Waals surface area contributed by atoms with Gasteiger partial charge in [0, 0.05) is 21.5 Å². The zero-order chi connectivity index (χ0) is 18.5. The molecule has 2 aliphatic carbocycles. The first kappa shape index (κ1) is 19.5. The van der Waals surface area contributed by atoms with Gasteiger partial charge in [0.1, 0.15) is 5.92 Å². The average Bonchev–Trinajstić information content (AvgIpc) is 3.12. The van der Waals surface area contributed by atoms with E-state index in [2.05, 4.69) is 35.1 Å².